The van der Waals surface area contributed by atoms with Crippen LogP contribution >= 0.6 is 0 Å². The summed E-state index contributed by atoms with van der Waals surface area (Å²) in [7, 11) is 0. The van der Waals surface area contributed by atoms with E-state index in [4.69, 9.17) is 4.42 Å². The van der Waals surface area contributed by atoms with Crippen LogP contribution in [0.25, 0.3) is 11.1 Å². The van der Waals surface area contributed by atoms with Crippen LogP contribution in [0.5, 0.6) is 0 Å². The van der Waals surface area contributed by atoms with Crippen molar-refractivity contribution in [3.63, 3.8) is 0 Å². The minimum absolute atomic E-state index is 0.0496. The molecule has 0 radical (unpaired) electrons. The molecule has 96 valence electrons. The summed E-state index contributed by atoms with van der Waals surface area (Å²) in [4.78, 5) is 38.9. The molecule has 0 bridgehead atoms. The van der Waals surface area contributed by atoms with Crippen molar-refractivity contribution < 1.29 is 4.42 Å². The third kappa shape index (κ3) is 2.13. The van der Waals surface area contributed by atoms with E-state index in [1.54, 1.807) is 0 Å². The average Bonchev–Trinajstić information content (AvgIpc) is 2.27. The van der Waals surface area contributed by atoms with Crippen molar-refractivity contribution in [3.8, 4) is 0 Å². The first-order valence-corrected chi connectivity index (χ1v) is 5.83. The number of rotatable bonds is 3. The van der Waals surface area contributed by atoms with Crippen LogP contribution in [0.1, 0.15) is 38.2 Å². The Balaban J connectivity index is 2.84. The molecule has 2 heterocycles. The van der Waals surface area contributed by atoms with E-state index in [-0.39, 0.29) is 17.0 Å². The lowest BCUT2D eigenvalue weighted by molar-refractivity contribution is 0.540. The van der Waals surface area contributed by atoms with Crippen molar-refractivity contribution in [3.05, 3.63) is 42.9 Å². The van der Waals surface area contributed by atoms with Crippen LogP contribution in [0.15, 0.2) is 24.9 Å². The minimum atomic E-state index is -0.684. The van der Waals surface area contributed by atoms with Crippen LogP contribution in [0.2, 0.25) is 0 Å². The molecule has 0 aliphatic carbocycles. The summed E-state index contributed by atoms with van der Waals surface area (Å²) >= 11 is 0. The Labute approximate surface area is 102 Å². The van der Waals surface area contributed by atoms with E-state index >= 15 is 0 Å². The lowest BCUT2D eigenvalue weighted by Crippen LogP contribution is -2.24. The van der Waals surface area contributed by atoms with Gasteiger partial charge in [0.05, 0.1) is 0 Å². The maximum atomic E-state index is 11.8. The largest absolute Gasteiger partial charge is 0.405 e. The lowest BCUT2D eigenvalue weighted by atomic mass is 9.95. The van der Waals surface area contributed by atoms with Gasteiger partial charge in [0.25, 0.3) is 5.56 Å². The van der Waals surface area contributed by atoms with Gasteiger partial charge in [0.1, 0.15) is 5.39 Å². The van der Waals surface area contributed by atoms with Crippen molar-refractivity contribution in [1.82, 2.24) is 9.97 Å². The van der Waals surface area contributed by atoms with Gasteiger partial charge >= 0.3 is 11.3 Å². The first kappa shape index (κ1) is 12.3. The molecule has 2 rings (SSSR count). The number of hydrogen-bond acceptors (Lipinski definition) is 4. The van der Waals surface area contributed by atoms with Gasteiger partial charge in [-0.3, -0.25) is 14.8 Å². The highest BCUT2D eigenvalue weighted by Crippen LogP contribution is 2.23. The van der Waals surface area contributed by atoms with Crippen LogP contribution < -0.4 is 16.9 Å². The molecule has 0 aliphatic heterocycles. The van der Waals surface area contributed by atoms with Crippen LogP contribution in [0.4, 0.5) is 0 Å². The van der Waals surface area contributed by atoms with Crippen molar-refractivity contribution in [2.75, 3.05) is 0 Å². The maximum absolute atomic E-state index is 11.8. The maximum Gasteiger partial charge on any atom is 0.337 e. The topological polar surface area (TPSA) is 95.9 Å². The van der Waals surface area contributed by atoms with E-state index < -0.39 is 16.9 Å². The molecular weight excluding hydrogens is 236 g/mol. The third-order valence-electron chi connectivity index (χ3n) is 2.93. The first-order chi connectivity index (χ1) is 8.52. The normalized spacial score (nSPS) is 12.8. The lowest BCUT2D eigenvalue weighted by Gasteiger charge is -2.11. The van der Waals surface area contributed by atoms with Crippen LogP contribution in [0, 0.1) is 0 Å². The quantitative estimate of drug-likeness (QED) is 0.851. The van der Waals surface area contributed by atoms with E-state index in [9.17, 15) is 14.4 Å². The second-order valence-corrected chi connectivity index (χ2v) is 4.32. The third-order valence-corrected chi connectivity index (χ3v) is 2.93. The molecule has 0 saturated heterocycles. The molecule has 1 unspecified atom stereocenters. The SMILES string of the molecule is CCCC(C)c1cc(=O)oc2[nH]c(=O)[nH]c(=O)c12. The van der Waals surface area contributed by atoms with E-state index in [1.165, 1.54) is 6.07 Å². The zero-order valence-electron chi connectivity index (χ0n) is 10.2. The van der Waals surface area contributed by atoms with Crippen molar-refractivity contribution in [2.45, 2.75) is 32.6 Å². The van der Waals surface area contributed by atoms with Crippen molar-refractivity contribution in [1.29, 1.82) is 0 Å². The second-order valence-electron chi connectivity index (χ2n) is 4.32. The van der Waals surface area contributed by atoms with Crippen molar-refractivity contribution >= 4 is 11.1 Å². The summed E-state index contributed by atoms with van der Waals surface area (Å²) in [5, 5.41) is 0.246. The highest BCUT2D eigenvalue weighted by molar-refractivity contribution is 5.75. The summed E-state index contributed by atoms with van der Waals surface area (Å²) in [5.74, 6) is 0.0496. The fraction of sp³-hybridized carbons (Fsp3) is 0.417. The monoisotopic (exact) mass is 250 g/mol. The highest BCUT2D eigenvalue weighted by atomic mass is 16.4. The molecule has 2 N–H and O–H groups in total. The smallest absolute Gasteiger partial charge is 0.337 e. The number of hydrogen-bond donors (Lipinski definition) is 2. The Morgan fingerprint density at radius 1 is 1.28 bits per heavy atom. The Bertz CT molecular complexity index is 733. The fourth-order valence-electron chi connectivity index (χ4n) is 2.11. The van der Waals surface area contributed by atoms with Gasteiger partial charge < -0.3 is 4.42 Å². The van der Waals surface area contributed by atoms with Crippen LogP contribution in [0.3, 0.4) is 0 Å². The second kappa shape index (κ2) is 4.64. The Hall–Kier alpha value is -2.11. The summed E-state index contributed by atoms with van der Waals surface area (Å²) < 4.78 is 4.86. The minimum Gasteiger partial charge on any atom is -0.405 e. The number of aromatic nitrogens is 2. The molecule has 0 fully saturated rings. The summed E-state index contributed by atoms with van der Waals surface area (Å²) in [6, 6.07) is 1.32. The number of fused-ring (bicyclic) bond motifs is 1. The molecular formula is C12H14N2O4. The predicted octanol–water partition coefficient (Wildman–Crippen LogP) is 1.07. The molecule has 6 nitrogen and oxygen atoms in total. The van der Waals surface area contributed by atoms with Gasteiger partial charge in [0.2, 0.25) is 5.71 Å². The number of aromatic amines is 2. The summed E-state index contributed by atoms with van der Waals surface area (Å²) in [6.07, 6.45) is 1.78. The fourth-order valence-corrected chi connectivity index (χ4v) is 2.11. The zero-order chi connectivity index (χ0) is 13.3. The molecule has 0 aromatic carbocycles. The molecule has 1 atom stereocenters. The molecule has 0 spiro atoms. The van der Waals surface area contributed by atoms with Gasteiger partial charge in [-0.25, -0.2) is 9.59 Å². The van der Waals surface area contributed by atoms with Gasteiger partial charge in [0.15, 0.2) is 0 Å². The Morgan fingerprint density at radius 3 is 2.67 bits per heavy atom. The molecule has 6 heteroatoms. The van der Waals surface area contributed by atoms with Crippen LogP contribution in [-0.2, 0) is 0 Å². The van der Waals surface area contributed by atoms with Gasteiger partial charge in [-0.15, -0.1) is 0 Å². The van der Waals surface area contributed by atoms with Gasteiger partial charge in [-0.1, -0.05) is 20.3 Å². The Morgan fingerprint density at radius 2 is 2.00 bits per heavy atom. The number of nitrogens with one attached hydrogen (secondary N) is 2. The summed E-state index contributed by atoms with van der Waals surface area (Å²) in [6.45, 7) is 3.96. The van der Waals surface area contributed by atoms with E-state index in [2.05, 4.69) is 9.97 Å². The van der Waals surface area contributed by atoms with Gasteiger partial charge in [-0.2, -0.15) is 0 Å². The zero-order valence-corrected chi connectivity index (χ0v) is 10.2. The van der Waals surface area contributed by atoms with Crippen molar-refractivity contribution in [2.24, 2.45) is 0 Å². The molecule has 2 aromatic heterocycles. The van der Waals surface area contributed by atoms with E-state index in [1.807, 2.05) is 13.8 Å². The van der Waals surface area contributed by atoms with Crippen LogP contribution in [-0.4, -0.2) is 9.97 Å². The van der Waals surface area contributed by atoms with E-state index in [0.717, 1.165) is 12.8 Å². The van der Waals surface area contributed by atoms with E-state index in [0.29, 0.717) is 5.56 Å². The molecule has 0 saturated carbocycles. The molecule has 18 heavy (non-hydrogen) atoms. The first-order valence-electron chi connectivity index (χ1n) is 5.83. The predicted molar refractivity (Wildman–Crippen MR) is 67.0 cm³/mol. The molecule has 2 aromatic rings. The van der Waals surface area contributed by atoms with Gasteiger partial charge in [0, 0.05) is 6.07 Å². The average molecular weight is 250 g/mol. The molecule has 0 aliphatic rings. The van der Waals surface area contributed by atoms with Gasteiger partial charge in [-0.05, 0) is 17.9 Å². The summed E-state index contributed by atoms with van der Waals surface area (Å²) in [5.41, 5.74) is -1.23. The molecule has 0 amide bonds. The Kier molecular flexibility index (Phi) is 3.18. The number of H-pyrrole nitrogens is 2. The standard InChI is InChI=1S/C12H14N2O4/c1-3-4-6(2)7-5-8(15)18-11-9(7)10(16)13-12(17)14-11/h5-6H,3-4H2,1-2H3,(H2,13,14,16,17). The highest BCUT2D eigenvalue weighted by Gasteiger charge is 2.15.